The van der Waals surface area contributed by atoms with Gasteiger partial charge in [0.05, 0.1) is 13.0 Å². The van der Waals surface area contributed by atoms with E-state index in [0.29, 0.717) is 12.3 Å². The first-order valence-electron chi connectivity index (χ1n) is 3.86. The number of fused-ring (bicyclic) bond motifs is 1. The molecule has 2 fully saturated rings. The number of ketones is 1. The molecule has 0 amide bonds. The molecule has 3 nitrogen and oxygen atoms in total. The van der Waals surface area contributed by atoms with Gasteiger partial charge >= 0.3 is 5.97 Å². The van der Waals surface area contributed by atoms with Crippen molar-refractivity contribution in [2.45, 2.75) is 12.8 Å². The summed E-state index contributed by atoms with van der Waals surface area (Å²) in [4.78, 5) is 22.0. The van der Waals surface area contributed by atoms with Gasteiger partial charge in [-0.05, 0) is 12.3 Å². The summed E-state index contributed by atoms with van der Waals surface area (Å²) < 4.78 is 4.57. The van der Waals surface area contributed by atoms with Crippen molar-refractivity contribution in [2.24, 2.45) is 17.8 Å². The molecule has 0 heterocycles. The Morgan fingerprint density at radius 2 is 2.36 bits per heavy atom. The summed E-state index contributed by atoms with van der Waals surface area (Å²) in [6, 6.07) is 0. The highest BCUT2D eigenvalue weighted by molar-refractivity contribution is 5.94. The van der Waals surface area contributed by atoms with E-state index in [0.717, 1.165) is 6.42 Å². The van der Waals surface area contributed by atoms with Crippen LogP contribution in [-0.2, 0) is 14.3 Å². The standard InChI is InChI=1S/C8H10O3/c1-11-8(10)7-4-2-3-5(9)6(4)7/h4,6-7H,2-3H2,1H3/t4-,6+,7+/m1/s1. The third-order valence-corrected chi connectivity index (χ3v) is 2.74. The number of hydrogen-bond acceptors (Lipinski definition) is 3. The van der Waals surface area contributed by atoms with Crippen LogP contribution in [0.4, 0.5) is 0 Å². The summed E-state index contributed by atoms with van der Waals surface area (Å²) in [6.07, 6.45) is 1.56. The number of carbonyl (C=O) groups excluding carboxylic acids is 2. The number of esters is 1. The van der Waals surface area contributed by atoms with Crippen molar-refractivity contribution in [3.8, 4) is 0 Å². The Labute approximate surface area is 64.7 Å². The minimum Gasteiger partial charge on any atom is -0.469 e. The Kier molecular flexibility index (Phi) is 1.28. The van der Waals surface area contributed by atoms with Crippen LogP contribution in [0.2, 0.25) is 0 Å². The average molecular weight is 154 g/mol. The third-order valence-electron chi connectivity index (χ3n) is 2.74. The van der Waals surface area contributed by atoms with Gasteiger partial charge < -0.3 is 4.74 Å². The largest absolute Gasteiger partial charge is 0.469 e. The van der Waals surface area contributed by atoms with Crippen molar-refractivity contribution in [1.82, 2.24) is 0 Å². The molecule has 0 unspecified atom stereocenters. The predicted octanol–water partition coefficient (Wildman–Crippen LogP) is 0.384. The molecule has 0 spiro atoms. The summed E-state index contributed by atoms with van der Waals surface area (Å²) >= 11 is 0. The van der Waals surface area contributed by atoms with Crippen LogP contribution in [-0.4, -0.2) is 18.9 Å². The van der Waals surface area contributed by atoms with Crippen molar-refractivity contribution < 1.29 is 14.3 Å². The van der Waals surface area contributed by atoms with Crippen LogP contribution in [0.3, 0.4) is 0 Å². The van der Waals surface area contributed by atoms with Crippen LogP contribution >= 0.6 is 0 Å². The number of ether oxygens (including phenoxy) is 1. The first-order valence-corrected chi connectivity index (χ1v) is 3.86. The summed E-state index contributed by atoms with van der Waals surface area (Å²) in [7, 11) is 1.38. The van der Waals surface area contributed by atoms with E-state index in [2.05, 4.69) is 4.74 Å². The smallest absolute Gasteiger partial charge is 0.309 e. The summed E-state index contributed by atoms with van der Waals surface area (Å²) in [5.74, 6) is 0.331. The number of rotatable bonds is 1. The summed E-state index contributed by atoms with van der Waals surface area (Å²) in [6.45, 7) is 0. The molecule has 3 atom stereocenters. The van der Waals surface area contributed by atoms with Crippen molar-refractivity contribution in [3.05, 3.63) is 0 Å². The zero-order chi connectivity index (χ0) is 8.01. The van der Waals surface area contributed by atoms with Crippen LogP contribution < -0.4 is 0 Å². The van der Waals surface area contributed by atoms with Gasteiger partial charge in [-0.2, -0.15) is 0 Å². The molecule has 11 heavy (non-hydrogen) atoms. The first-order chi connectivity index (χ1) is 5.25. The van der Waals surface area contributed by atoms with Gasteiger partial charge in [0.1, 0.15) is 5.78 Å². The van der Waals surface area contributed by atoms with Crippen molar-refractivity contribution in [1.29, 1.82) is 0 Å². The highest BCUT2D eigenvalue weighted by atomic mass is 16.5. The topological polar surface area (TPSA) is 43.4 Å². The Balaban J connectivity index is 2.04. The maximum Gasteiger partial charge on any atom is 0.309 e. The molecule has 0 aliphatic heterocycles. The van der Waals surface area contributed by atoms with Gasteiger partial charge in [-0.15, -0.1) is 0 Å². The molecule has 2 aliphatic rings. The molecule has 0 N–H and O–H groups in total. The van der Waals surface area contributed by atoms with Crippen LogP contribution in [0.5, 0.6) is 0 Å². The maximum atomic E-state index is 11.0. The second-order valence-corrected chi connectivity index (χ2v) is 3.24. The normalized spacial score (nSPS) is 40.1. The molecular formula is C8H10O3. The molecule has 0 aromatic heterocycles. The second kappa shape index (κ2) is 2.06. The first kappa shape index (κ1) is 6.83. The lowest BCUT2D eigenvalue weighted by Gasteiger charge is -1.98. The van der Waals surface area contributed by atoms with Gasteiger partial charge in [-0.25, -0.2) is 0 Å². The van der Waals surface area contributed by atoms with Crippen LogP contribution in [0, 0.1) is 17.8 Å². The Bertz CT molecular complexity index is 221. The fourth-order valence-electron chi connectivity index (χ4n) is 2.11. The van der Waals surface area contributed by atoms with Crippen LogP contribution in [0.1, 0.15) is 12.8 Å². The van der Waals surface area contributed by atoms with E-state index in [9.17, 15) is 9.59 Å². The highest BCUT2D eigenvalue weighted by Crippen LogP contribution is 2.55. The fraction of sp³-hybridized carbons (Fsp3) is 0.750. The van der Waals surface area contributed by atoms with Crippen LogP contribution in [0.25, 0.3) is 0 Å². The van der Waals surface area contributed by atoms with E-state index in [1.165, 1.54) is 7.11 Å². The molecule has 3 heteroatoms. The minimum atomic E-state index is -0.201. The molecular weight excluding hydrogens is 144 g/mol. The van der Waals surface area contributed by atoms with E-state index in [-0.39, 0.29) is 23.6 Å². The Hall–Kier alpha value is -0.860. The molecule has 2 rings (SSSR count). The third kappa shape index (κ3) is 0.800. The van der Waals surface area contributed by atoms with Crippen molar-refractivity contribution in [2.75, 3.05) is 7.11 Å². The Morgan fingerprint density at radius 3 is 2.82 bits per heavy atom. The Morgan fingerprint density at radius 1 is 1.64 bits per heavy atom. The van der Waals surface area contributed by atoms with E-state index >= 15 is 0 Å². The molecule has 60 valence electrons. The minimum absolute atomic E-state index is 0.0300. The predicted molar refractivity (Wildman–Crippen MR) is 36.7 cm³/mol. The van der Waals surface area contributed by atoms with Crippen molar-refractivity contribution >= 4 is 11.8 Å². The van der Waals surface area contributed by atoms with Gasteiger partial charge in [-0.1, -0.05) is 0 Å². The fourth-order valence-corrected chi connectivity index (χ4v) is 2.11. The van der Waals surface area contributed by atoms with Crippen LogP contribution in [0.15, 0.2) is 0 Å². The number of carbonyl (C=O) groups is 2. The lowest BCUT2D eigenvalue weighted by atomic mass is 10.1. The monoisotopic (exact) mass is 154 g/mol. The van der Waals surface area contributed by atoms with E-state index in [1.807, 2.05) is 0 Å². The number of Topliss-reactive ketones (excluding diaryl/α,β-unsaturated/α-hetero) is 1. The molecule has 0 saturated heterocycles. The number of hydrogen-bond donors (Lipinski definition) is 0. The quantitative estimate of drug-likeness (QED) is 0.513. The van der Waals surface area contributed by atoms with E-state index in [4.69, 9.17) is 0 Å². The molecule has 2 saturated carbocycles. The zero-order valence-corrected chi connectivity index (χ0v) is 6.37. The molecule has 2 aliphatic carbocycles. The summed E-state index contributed by atoms with van der Waals surface area (Å²) in [5.41, 5.74) is 0. The average Bonchev–Trinajstić information content (AvgIpc) is 2.63. The SMILES string of the molecule is COC(=O)[C@H]1[C@@H]2CCC(=O)[C@H]21. The molecule has 0 aromatic carbocycles. The molecule has 0 radical (unpaired) electrons. The van der Waals surface area contributed by atoms with Gasteiger partial charge in [0.25, 0.3) is 0 Å². The van der Waals surface area contributed by atoms with E-state index < -0.39 is 0 Å². The summed E-state index contributed by atoms with van der Waals surface area (Å²) in [5, 5.41) is 0. The molecule has 0 aromatic rings. The lowest BCUT2D eigenvalue weighted by molar-refractivity contribution is -0.144. The molecule has 0 bridgehead atoms. The zero-order valence-electron chi connectivity index (χ0n) is 6.37. The lowest BCUT2D eigenvalue weighted by Crippen LogP contribution is -2.10. The van der Waals surface area contributed by atoms with Crippen molar-refractivity contribution in [3.63, 3.8) is 0 Å². The highest BCUT2D eigenvalue weighted by Gasteiger charge is 2.62. The van der Waals surface area contributed by atoms with Gasteiger partial charge in [0.2, 0.25) is 0 Å². The second-order valence-electron chi connectivity index (χ2n) is 3.24. The maximum absolute atomic E-state index is 11.0. The van der Waals surface area contributed by atoms with Gasteiger partial charge in [0.15, 0.2) is 0 Å². The van der Waals surface area contributed by atoms with Gasteiger partial charge in [0, 0.05) is 12.3 Å². The van der Waals surface area contributed by atoms with E-state index in [1.54, 1.807) is 0 Å². The van der Waals surface area contributed by atoms with Gasteiger partial charge in [-0.3, -0.25) is 9.59 Å². The number of methoxy groups -OCH3 is 1.